The van der Waals surface area contributed by atoms with E-state index in [9.17, 15) is 19.7 Å². The Balaban J connectivity index is 1.41. The Bertz CT molecular complexity index is 1350. The minimum atomic E-state index is -0.664. The molecule has 0 aliphatic heterocycles. The van der Waals surface area contributed by atoms with E-state index in [1.165, 1.54) is 6.07 Å². The zero-order chi connectivity index (χ0) is 33.7. The second-order valence-corrected chi connectivity index (χ2v) is 9.60. The molecule has 2 N–H and O–H groups in total. The van der Waals surface area contributed by atoms with Crippen molar-refractivity contribution in [3.8, 4) is 23.0 Å². The van der Waals surface area contributed by atoms with E-state index < -0.39 is 16.7 Å². The lowest BCUT2D eigenvalue weighted by molar-refractivity contribution is -0.384. The van der Waals surface area contributed by atoms with E-state index in [1.807, 2.05) is 0 Å². The van der Waals surface area contributed by atoms with Crippen LogP contribution >= 0.6 is 0 Å². The van der Waals surface area contributed by atoms with Gasteiger partial charge in [0.15, 0.2) is 0 Å². The van der Waals surface area contributed by atoms with Crippen LogP contribution in [0, 0.1) is 10.1 Å². The van der Waals surface area contributed by atoms with Crippen molar-refractivity contribution in [2.75, 3.05) is 65.9 Å². The van der Waals surface area contributed by atoms with Gasteiger partial charge in [-0.1, -0.05) is 12.2 Å². The summed E-state index contributed by atoms with van der Waals surface area (Å²) >= 11 is 0. The summed E-state index contributed by atoms with van der Waals surface area (Å²) in [5, 5.41) is 16.8. The number of nitro groups is 1. The lowest BCUT2D eigenvalue weighted by Crippen LogP contribution is -2.30. The average molecular weight is 650 g/mol. The first kappa shape index (κ1) is 36.1. The van der Waals surface area contributed by atoms with Crippen molar-refractivity contribution in [2.24, 2.45) is 0 Å². The van der Waals surface area contributed by atoms with Crippen molar-refractivity contribution in [1.82, 2.24) is 10.6 Å². The Morgan fingerprint density at radius 1 is 0.617 bits per heavy atom. The van der Waals surface area contributed by atoms with Gasteiger partial charge in [-0.2, -0.15) is 0 Å². The minimum absolute atomic E-state index is 0.0336. The SMILES string of the molecule is C=CCOCCOc1ccc(OCCNC(=O)c2cc(C(=O)NCCOc3ccc(OCCOCC=C)cc3)cc([N+](=O)[O-])c2)cc1. The molecule has 0 heterocycles. The maximum Gasteiger partial charge on any atom is 0.271 e. The summed E-state index contributed by atoms with van der Waals surface area (Å²) in [6.45, 7) is 10.3. The summed E-state index contributed by atoms with van der Waals surface area (Å²) in [7, 11) is 0. The molecule has 0 aliphatic rings. The number of amides is 2. The molecule has 47 heavy (non-hydrogen) atoms. The summed E-state index contributed by atoms with van der Waals surface area (Å²) in [6, 6.07) is 17.4. The van der Waals surface area contributed by atoms with Gasteiger partial charge in [-0.3, -0.25) is 19.7 Å². The highest BCUT2D eigenvalue weighted by Gasteiger charge is 2.18. The van der Waals surface area contributed by atoms with Crippen molar-refractivity contribution >= 4 is 17.5 Å². The first-order valence-electron chi connectivity index (χ1n) is 14.8. The third kappa shape index (κ3) is 13.6. The van der Waals surface area contributed by atoms with Crippen molar-refractivity contribution in [3.05, 3.63) is 113 Å². The monoisotopic (exact) mass is 649 g/mol. The predicted octanol–water partition coefficient (Wildman–Crippen LogP) is 4.38. The van der Waals surface area contributed by atoms with E-state index in [4.69, 9.17) is 28.4 Å². The van der Waals surface area contributed by atoms with Crippen LogP contribution in [0.5, 0.6) is 23.0 Å². The predicted molar refractivity (Wildman–Crippen MR) is 175 cm³/mol. The summed E-state index contributed by atoms with van der Waals surface area (Å²) < 4.78 is 33.0. The number of hydrogen-bond donors (Lipinski definition) is 2. The van der Waals surface area contributed by atoms with Crippen LogP contribution in [0.3, 0.4) is 0 Å². The largest absolute Gasteiger partial charge is 0.492 e. The Morgan fingerprint density at radius 3 is 1.32 bits per heavy atom. The normalized spacial score (nSPS) is 10.4. The van der Waals surface area contributed by atoms with Gasteiger partial charge in [0.1, 0.15) is 49.4 Å². The third-order valence-corrected chi connectivity index (χ3v) is 6.08. The molecule has 0 spiro atoms. The maximum absolute atomic E-state index is 12.8. The number of non-ortho nitro benzene ring substituents is 1. The number of nitrogens with zero attached hydrogens (tertiary/aromatic N) is 1. The molecule has 250 valence electrons. The van der Waals surface area contributed by atoms with Gasteiger partial charge in [-0.05, 0) is 54.6 Å². The quantitative estimate of drug-likeness (QED) is 0.0654. The number of carbonyl (C=O) groups excluding carboxylic acids is 2. The molecule has 0 aromatic heterocycles. The number of ether oxygens (including phenoxy) is 6. The van der Waals surface area contributed by atoms with Gasteiger partial charge in [-0.15, -0.1) is 13.2 Å². The van der Waals surface area contributed by atoms with E-state index >= 15 is 0 Å². The Hall–Kier alpha value is -5.40. The van der Waals surface area contributed by atoms with Crippen LogP contribution in [-0.4, -0.2) is 82.7 Å². The first-order chi connectivity index (χ1) is 22.9. The van der Waals surface area contributed by atoms with Crippen LogP contribution in [0.4, 0.5) is 5.69 Å². The Morgan fingerprint density at radius 2 is 0.979 bits per heavy atom. The number of carbonyl (C=O) groups is 2. The first-order valence-corrected chi connectivity index (χ1v) is 14.8. The fraction of sp³-hybridized carbons (Fsp3) is 0.294. The van der Waals surface area contributed by atoms with Gasteiger partial charge in [0, 0.05) is 23.3 Å². The number of benzene rings is 3. The molecule has 3 aromatic carbocycles. The number of rotatable bonds is 23. The molecule has 13 nitrogen and oxygen atoms in total. The fourth-order valence-electron chi connectivity index (χ4n) is 3.88. The molecule has 2 amide bonds. The van der Waals surface area contributed by atoms with Crippen LogP contribution in [0.25, 0.3) is 0 Å². The van der Waals surface area contributed by atoms with Gasteiger partial charge >= 0.3 is 0 Å². The van der Waals surface area contributed by atoms with E-state index in [0.717, 1.165) is 12.1 Å². The molecule has 13 heteroatoms. The molecule has 0 fully saturated rings. The Kier molecular flexibility index (Phi) is 15.8. The van der Waals surface area contributed by atoms with Crippen molar-refractivity contribution in [3.63, 3.8) is 0 Å². The average Bonchev–Trinajstić information content (AvgIpc) is 3.09. The maximum atomic E-state index is 12.8. The molecule has 3 aromatic rings. The van der Waals surface area contributed by atoms with Crippen molar-refractivity contribution in [1.29, 1.82) is 0 Å². The molecule has 3 rings (SSSR count). The van der Waals surface area contributed by atoms with Gasteiger partial charge < -0.3 is 39.1 Å². The number of nitrogens with one attached hydrogen (secondary N) is 2. The summed E-state index contributed by atoms with van der Waals surface area (Å²) in [4.78, 5) is 36.4. The van der Waals surface area contributed by atoms with Gasteiger partial charge in [0.05, 0.1) is 44.4 Å². The molecule has 0 atom stereocenters. The van der Waals surface area contributed by atoms with E-state index in [1.54, 1.807) is 60.7 Å². The zero-order valence-electron chi connectivity index (χ0n) is 26.0. The molecule has 0 unspecified atom stereocenters. The van der Waals surface area contributed by atoms with Crippen molar-refractivity contribution in [2.45, 2.75) is 0 Å². The molecular weight excluding hydrogens is 610 g/mol. The standard InChI is InChI=1S/C34H39N3O10/c1-3-15-42-19-21-46-31-9-5-29(6-10-31)44-17-13-35-33(38)26-23-27(25-28(24-26)37(40)41)34(39)36-14-18-45-30-7-11-32(12-8-30)47-22-20-43-16-4-2/h3-12,23-25H,1-2,13-22H2,(H,35,38)(H,36,39). The molecule has 0 saturated carbocycles. The highest BCUT2D eigenvalue weighted by Crippen LogP contribution is 2.20. The van der Waals surface area contributed by atoms with Crippen LogP contribution in [-0.2, 0) is 9.47 Å². The summed E-state index contributed by atoms with van der Waals surface area (Å²) in [5.41, 5.74) is -0.457. The Labute approximate surface area is 273 Å². The van der Waals surface area contributed by atoms with E-state index in [2.05, 4.69) is 23.8 Å². The van der Waals surface area contributed by atoms with E-state index in [-0.39, 0.29) is 43.1 Å². The topological polar surface area (TPSA) is 157 Å². The van der Waals surface area contributed by atoms with Crippen LogP contribution in [0.2, 0.25) is 0 Å². The highest BCUT2D eigenvalue weighted by atomic mass is 16.6. The van der Waals surface area contributed by atoms with Gasteiger partial charge in [0.25, 0.3) is 17.5 Å². The second-order valence-electron chi connectivity index (χ2n) is 9.60. The van der Waals surface area contributed by atoms with Gasteiger partial charge in [-0.25, -0.2) is 0 Å². The number of nitro benzene ring substituents is 1. The number of hydrogen-bond acceptors (Lipinski definition) is 10. The highest BCUT2D eigenvalue weighted by molar-refractivity contribution is 6.00. The minimum Gasteiger partial charge on any atom is -0.492 e. The fourth-order valence-corrected chi connectivity index (χ4v) is 3.88. The van der Waals surface area contributed by atoms with Crippen LogP contribution < -0.4 is 29.6 Å². The summed E-state index contributed by atoms with van der Waals surface area (Å²) in [6.07, 6.45) is 3.33. The molecule has 0 saturated heterocycles. The van der Waals surface area contributed by atoms with Crippen LogP contribution in [0.15, 0.2) is 92.0 Å². The van der Waals surface area contributed by atoms with Crippen LogP contribution in [0.1, 0.15) is 20.7 Å². The molecule has 0 bridgehead atoms. The van der Waals surface area contributed by atoms with Gasteiger partial charge in [0.2, 0.25) is 0 Å². The van der Waals surface area contributed by atoms with E-state index in [0.29, 0.717) is 62.6 Å². The molecule has 0 aliphatic carbocycles. The second kappa shape index (κ2) is 20.6. The van der Waals surface area contributed by atoms with Crippen molar-refractivity contribution < 1.29 is 42.9 Å². The third-order valence-electron chi connectivity index (χ3n) is 6.08. The lowest BCUT2D eigenvalue weighted by Gasteiger charge is -2.11. The lowest BCUT2D eigenvalue weighted by atomic mass is 10.1. The molecule has 0 radical (unpaired) electrons. The zero-order valence-corrected chi connectivity index (χ0v) is 26.0. The summed E-state index contributed by atoms with van der Waals surface area (Å²) in [5.74, 6) is 1.27. The smallest absolute Gasteiger partial charge is 0.271 e. The molecular formula is C34H39N3O10.